The third kappa shape index (κ3) is 1.85. The summed E-state index contributed by atoms with van der Waals surface area (Å²) in [5, 5.41) is 9.70. The van der Waals surface area contributed by atoms with E-state index in [0.717, 1.165) is 11.3 Å². The Labute approximate surface area is 88.0 Å². The Morgan fingerprint density at radius 3 is 2.87 bits per heavy atom. The Bertz CT molecular complexity index is 451. The van der Waals surface area contributed by atoms with Crippen LogP contribution < -0.4 is 5.73 Å². The maximum absolute atomic E-state index is 9.70. The molecule has 1 aromatic heterocycles. The summed E-state index contributed by atoms with van der Waals surface area (Å²) >= 11 is 0. The van der Waals surface area contributed by atoms with Gasteiger partial charge in [0.1, 0.15) is 5.75 Å². The minimum Gasteiger partial charge on any atom is -0.507 e. The van der Waals surface area contributed by atoms with E-state index in [-0.39, 0.29) is 5.75 Å². The lowest BCUT2D eigenvalue weighted by atomic mass is 10.1. The molecule has 15 heavy (non-hydrogen) atoms. The molecule has 0 unspecified atom stereocenters. The molecule has 4 nitrogen and oxygen atoms in total. The SMILES string of the molecule is NCCn1cncc1-c1ccccc1O. The molecule has 2 rings (SSSR count). The Balaban J connectivity index is 2.45. The minimum absolute atomic E-state index is 0.260. The third-order valence-corrected chi connectivity index (χ3v) is 2.26. The number of benzene rings is 1. The van der Waals surface area contributed by atoms with Crippen molar-refractivity contribution in [2.24, 2.45) is 5.73 Å². The first-order chi connectivity index (χ1) is 7.33. The van der Waals surface area contributed by atoms with Crippen molar-refractivity contribution in [2.45, 2.75) is 6.54 Å². The van der Waals surface area contributed by atoms with E-state index < -0.39 is 0 Å². The van der Waals surface area contributed by atoms with Crippen LogP contribution in [-0.4, -0.2) is 21.2 Å². The fourth-order valence-corrected chi connectivity index (χ4v) is 1.55. The molecule has 1 aromatic carbocycles. The Morgan fingerprint density at radius 2 is 2.13 bits per heavy atom. The van der Waals surface area contributed by atoms with E-state index in [9.17, 15) is 5.11 Å². The van der Waals surface area contributed by atoms with Crippen LogP contribution in [0.3, 0.4) is 0 Å². The van der Waals surface area contributed by atoms with Gasteiger partial charge in [-0.05, 0) is 12.1 Å². The minimum atomic E-state index is 0.260. The van der Waals surface area contributed by atoms with Gasteiger partial charge in [0.05, 0.1) is 18.2 Å². The van der Waals surface area contributed by atoms with Crippen molar-refractivity contribution < 1.29 is 5.11 Å². The monoisotopic (exact) mass is 203 g/mol. The van der Waals surface area contributed by atoms with Crippen LogP contribution in [0.4, 0.5) is 0 Å². The highest BCUT2D eigenvalue weighted by Gasteiger charge is 2.07. The van der Waals surface area contributed by atoms with Gasteiger partial charge in [0, 0.05) is 18.7 Å². The summed E-state index contributed by atoms with van der Waals surface area (Å²) in [5.74, 6) is 0.260. The highest BCUT2D eigenvalue weighted by molar-refractivity contribution is 5.66. The number of aromatic nitrogens is 2. The average Bonchev–Trinajstić information content (AvgIpc) is 2.67. The predicted molar refractivity (Wildman–Crippen MR) is 58.4 cm³/mol. The lowest BCUT2D eigenvalue weighted by molar-refractivity contribution is 0.476. The van der Waals surface area contributed by atoms with Gasteiger partial charge in [0.25, 0.3) is 0 Å². The van der Waals surface area contributed by atoms with E-state index in [1.165, 1.54) is 0 Å². The van der Waals surface area contributed by atoms with Gasteiger partial charge >= 0.3 is 0 Å². The zero-order valence-corrected chi connectivity index (χ0v) is 8.30. The van der Waals surface area contributed by atoms with Gasteiger partial charge in [-0.1, -0.05) is 12.1 Å². The molecule has 0 saturated carbocycles. The van der Waals surface area contributed by atoms with E-state index in [2.05, 4.69) is 4.98 Å². The van der Waals surface area contributed by atoms with Crippen LogP contribution >= 0.6 is 0 Å². The molecule has 0 bridgehead atoms. The van der Waals surface area contributed by atoms with Crippen LogP contribution in [0.5, 0.6) is 5.75 Å². The highest BCUT2D eigenvalue weighted by atomic mass is 16.3. The maximum atomic E-state index is 9.70. The summed E-state index contributed by atoms with van der Waals surface area (Å²) < 4.78 is 1.93. The quantitative estimate of drug-likeness (QED) is 0.788. The molecule has 1 heterocycles. The molecule has 78 valence electrons. The smallest absolute Gasteiger partial charge is 0.124 e. The number of para-hydroxylation sites is 1. The molecule has 0 radical (unpaired) electrons. The lowest BCUT2D eigenvalue weighted by Crippen LogP contribution is -2.09. The van der Waals surface area contributed by atoms with Crippen LogP contribution in [0.25, 0.3) is 11.3 Å². The number of phenolic OH excluding ortho intramolecular Hbond substituents is 1. The lowest BCUT2D eigenvalue weighted by Gasteiger charge is -2.07. The van der Waals surface area contributed by atoms with Crippen molar-refractivity contribution >= 4 is 0 Å². The van der Waals surface area contributed by atoms with E-state index >= 15 is 0 Å². The molecular formula is C11H13N3O. The maximum Gasteiger partial charge on any atom is 0.124 e. The van der Waals surface area contributed by atoms with Crippen molar-refractivity contribution in [3.8, 4) is 17.0 Å². The molecule has 0 aliphatic carbocycles. The Morgan fingerprint density at radius 1 is 1.33 bits per heavy atom. The standard InChI is InChI=1S/C11H13N3O/c12-5-6-14-8-13-7-10(14)9-3-1-2-4-11(9)15/h1-4,7-8,15H,5-6,12H2. The topological polar surface area (TPSA) is 64.1 Å². The van der Waals surface area contributed by atoms with Crippen molar-refractivity contribution in [1.82, 2.24) is 9.55 Å². The van der Waals surface area contributed by atoms with Crippen LogP contribution in [0.1, 0.15) is 0 Å². The zero-order chi connectivity index (χ0) is 10.7. The highest BCUT2D eigenvalue weighted by Crippen LogP contribution is 2.27. The number of rotatable bonds is 3. The molecule has 0 amide bonds. The number of nitrogens with two attached hydrogens (primary N) is 1. The number of phenols is 1. The second-order valence-electron chi connectivity index (χ2n) is 3.28. The van der Waals surface area contributed by atoms with Crippen molar-refractivity contribution in [3.05, 3.63) is 36.8 Å². The van der Waals surface area contributed by atoms with Gasteiger partial charge in [0.15, 0.2) is 0 Å². The summed E-state index contributed by atoms with van der Waals surface area (Å²) in [6.45, 7) is 1.25. The number of imidazole rings is 1. The summed E-state index contributed by atoms with van der Waals surface area (Å²) in [7, 11) is 0. The first-order valence-electron chi connectivity index (χ1n) is 4.81. The molecular weight excluding hydrogens is 190 g/mol. The molecule has 0 fully saturated rings. The van der Waals surface area contributed by atoms with Crippen LogP contribution in [0, 0.1) is 0 Å². The molecule has 4 heteroatoms. The van der Waals surface area contributed by atoms with Crippen molar-refractivity contribution in [2.75, 3.05) is 6.54 Å². The first-order valence-corrected chi connectivity index (χ1v) is 4.81. The first kappa shape index (κ1) is 9.73. The van der Waals surface area contributed by atoms with Crippen molar-refractivity contribution in [3.63, 3.8) is 0 Å². The average molecular weight is 203 g/mol. The normalized spacial score (nSPS) is 10.5. The third-order valence-electron chi connectivity index (χ3n) is 2.26. The number of hydrogen-bond acceptors (Lipinski definition) is 3. The van der Waals surface area contributed by atoms with Gasteiger partial charge in [0.2, 0.25) is 0 Å². The van der Waals surface area contributed by atoms with Crippen LogP contribution in [0.2, 0.25) is 0 Å². The van der Waals surface area contributed by atoms with Crippen LogP contribution in [0.15, 0.2) is 36.8 Å². The summed E-state index contributed by atoms with van der Waals surface area (Å²) in [5.41, 5.74) is 7.16. The van der Waals surface area contributed by atoms with Crippen molar-refractivity contribution in [1.29, 1.82) is 0 Å². The van der Waals surface area contributed by atoms with Crippen LogP contribution in [-0.2, 0) is 6.54 Å². The Hall–Kier alpha value is -1.81. The van der Waals surface area contributed by atoms with Gasteiger partial charge in [-0.3, -0.25) is 0 Å². The molecule has 0 spiro atoms. The van der Waals surface area contributed by atoms with E-state index in [1.807, 2.05) is 16.7 Å². The second-order valence-corrected chi connectivity index (χ2v) is 3.28. The fraction of sp³-hybridized carbons (Fsp3) is 0.182. The number of aromatic hydroxyl groups is 1. The van der Waals surface area contributed by atoms with Gasteiger partial charge < -0.3 is 15.4 Å². The molecule has 2 aromatic rings. The zero-order valence-electron chi connectivity index (χ0n) is 8.30. The molecule has 0 atom stereocenters. The molecule has 0 aliphatic heterocycles. The summed E-state index contributed by atoms with van der Waals surface area (Å²) in [4.78, 5) is 4.05. The number of nitrogens with zero attached hydrogens (tertiary/aromatic N) is 2. The molecule has 3 N–H and O–H groups in total. The van der Waals surface area contributed by atoms with Gasteiger partial charge in [-0.15, -0.1) is 0 Å². The van der Waals surface area contributed by atoms with E-state index in [4.69, 9.17) is 5.73 Å². The second kappa shape index (κ2) is 4.14. The Kier molecular flexibility index (Phi) is 2.69. The summed E-state index contributed by atoms with van der Waals surface area (Å²) in [6, 6.07) is 7.20. The molecule has 0 saturated heterocycles. The van der Waals surface area contributed by atoms with E-state index in [1.54, 1.807) is 24.7 Å². The van der Waals surface area contributed by atoms with E-state index in [0.29, 0.717) is 13.1 Å². The largest absolute Gasteiger partial charge is 0.507 e. The predicted octanol–water partition coefficient (Wildman–Crippen LogP) is 1.21. The number of hydrogen-bond donors (Lipinski definition) is 2. The van der Waals surface area contributed by atoms with Gasteiger partial charge in [-0.2, -0.15) is 0 Å². The summed E-state index contributed by atoms with van der Waals surface area (Å²) in [6.07, 6.45) is 3.44. The molecule has 0 aliphatic rings. The fourth-order valence-electron chi connectivity index (χ4n) is 1.55. The van der Waals surface area contributed by atoms with Gasteiger partial charge in [-0.25, -0.2) is 4.98 Å².